The monoisotopic (exact) mass is 283 g/mol. The molecule has 0 aliphatic heterocycles. The van der Waals surface area contributed by atoms with Gasteiger partial charge < -0.3 is 5.32 Å². The number of rotatable bonds is 8. The molecule has 3 heteroatoms. The van der Waals surface area contributed by atoms with Gasteiger partial charge in [0, 0.05) is 6.54 Å². The lowest BCUT2D eigenvalue weighted by atomic mass is 9.76. The Hall–Kier alpha value is -0.960. The molecule has 0 aliphatic rings. The van der Waals surface area contributed by atoms with E-state index in [4.69, 9.17) is 0 Å². The van der Waals surface area contributed by atoms with Gasteiger partial charge >= 0.3 is 0 Å². The third-order valence-corrected chi connectivity index (χ3v) is 4.15. The molecule has 0 amide bonds. The zero-order valence-corrected chi connectivity index (χ0v) is 13.1. The highest BCUT2D eigenvalue weighted by Crippen LogP contribution is 2.31. The Morgan fingerprint density at radius 1 is 1.15 bits per heavy atom. The molecule has 0 saturated heterocycles. The Labute approximate surface area is 121 Å². The standard InChI is InChI=1S/C17H27F2N/c1-5-17(6-2,12-20-11-13(3)4)10-14-8-7-9-15(18)16(14)19/h7-9,13,20H,5-6,10-12H2,1-4H3. The predicted octanol–water partition coefficient (Wildman–Crippen LogP) is 4.56. The first-order valence-corrected chi connectivity index (χ1v) is 7.57. The van der Waals surface area contributed by atoms with E-state index in [2.05, 4.69) is 33.0 Å². The summed E-state index contributed by atoms with van der Waals surface area (Å²) in [6, 6.07) is 4.46. The van der Waals surface area contributed by atoms with Crippen molar-refractivity contribution >= 4 is 0 Å². The second-order valence-electron chi connectivity index (χ2n) is 6.12. The quantitative estimate of drug-likeness (QED) is 0.737. The van der Waals surface area contributed by atoms with Crippen molar-refractivity contribution in [3.8, 4) is 0 Å². The van der Waals surface area contributed by atoms with Crippen molar-refractivity contribution in [3.63, 3.8) is 0 Å². The van der Waals surface area contributed by atoms with E-state index in [9.17, 15) is 8.78 Å². The highest BCUT2D eigenvalue weighted by atomic mass is 19.2. The Kier molecular flexibility index (Phi) is 6.60. The second kappa shape index (κ2) is 7.72. The predicted molar refractivity (Wildman–Crippen MR) is 80.8 cm³/mol. The van der Waals surface area contributed by atoms with Crippen LogP contribution in [-0.4, -0.2) is 13.1 Å². The van der Waals surface area contributed by atoms with E-state index >= 15 is 0 Å². The summed E-state index contributed by atoms with van der Waals surface area (Å²) in [4.78, 5) is 0. The summed E-state index contributed by atoms with van der Waals surface area (Å²) >= 11 is 0. The molecule has 1 nitrogen and oxygen atoms in total. The van der Waals surface area contributed by atoms with Crippen LogP contribution in [0.2, 0.25) is 0 Å². The number of nitrogens with one attached hydrogen (secondary N) is 1. The summed E-state index contributed by atoms with van der Waals surface area (Å²) in [5.74, 6) is -0.853. The molecule has 0 aliphatic carbocycles. The molecule has 1 aromatic carbocycles. The zero-order valence-electron chi connectivity index (χ0n) is 13.1. The topological polar surface area (TPSA) is 12.0 Å². The summed E-state index contributed by atoms with van der Waals surface area (Å²) in [5.41, 5.74) is 0.476. The van der Waals surface area contributed by atoms with Crippen LogP contribution in [0.15, 0.2) is 18.2 Å². The van der Waals surface area contributed by atoms with Gasteiger partial charge in [0.05, 0.1) is 0 Å². The Morgan fingerprint density at radius 2 is 1.80 bits per heavy atom. The summed E-state index contributed by atoms with van der Waals surface area (Å²) in [5, 5.41) is 3.47. The number of hydrogen-bond donors (Lipinski definition) is 1. The molecular weight excluding hydrogens is 256 g/mol. The highest BCUT2D eigenvalue weighted by molar-refractivity contribution is 5.20. The van der Waals surface area contributed by atoms with Crippen molar-refractivity contribution in [2.45, 2.75) is 47.0 Å². The Morgan fingerprint density at radius 3 is 2.35 bits per heavy atom. The van der Waals surface area contributed by atoms with Gasteiger partial charge in [0.1, 0.15) is 0 Å². The van der Waals surface area contributed by atoms with Gasteiger partial charge in [0.2, 0.25) is 0 Å². The lowest BCUT2D eigenvalue weighted by Gasteiger charge is -2.33. The first-order valence-electron chi connectivity index (χ1n) is 7.57. The van der Waals surface area contributed by atoms with Gasteiger partial charge in [-0.25, -0.2) is 8.78 Å². The van der Waals surface area contributed by atoms with Crippen LogP contribution in [-0.2, 0) is 6.42 Å². The van der Waals surface area contributed by atoms with Crippen LogP contribution in [0.4, 0.5) is 8.78 Å². The summed E-state index contributed by atoms with van der Waals surface area (Å²) in [7, 11) is 0. The SMILES string of the molecule is CCC(CC)(CNCC(C)C)Cc1cccc(F)c1F. The summed E-state index contributed by atoms with van der Waals surface area (Å²) in [6.45, 7) is 10.4. The molecule has 1 aromatic rings. The van der Waals surface area contributed by atoms with E-state index < -0.39 is 11.6 Å². The first-order chi connectivity index (χ1) is 9.44. The van der Waals surface area contributed by atoms with Crippen LogP contribution in [0, 0.1) is 23.0 Å². The van der Waals surface area contributed by atoms with E-state index in [1.807, 2.05) is 0 Å². The van der Waals surface area contributed by atoms with Crippen LogP contribution >= 0.6 is 0 Å². The van der Waals surface area contributed by atoms with Crippen molar-refractivity contribution in [3.05, 3.63) is 35.4 Å². The van der Waals surface area contributed by atoms with Crippen LogP contribution in [0.5, 0.6) is 0 Å². The molecule has 114 valence electrons. The number of hydrogen-bond acceptors (Lipinski definition) is 1. The highest BCUT2D eigenvalue weighted by Gasteiger charge is 2.28. The van der Waals surface area contributed by atoms with Crippen LogP contribution in [0.25, 0.3) is 0 Å². The molecule has 0 spiro atoms. The van der Waals surface area contributed by atoms with Gasteiger partial charge in [-0.3, -0.25) is 0 Å². The summed E-state index contributed by atoms with van der Waals surface area (Å²) in [6.07, 6.45) is 2.48. The largest absolute Gasteiger partial charge is 0.316 e. The summed E-state index contributed by atoms with van der Waals surface area (Å²) < 4.78 is 27.2. The van der Waals surface area contributed by atoms with Crippen LogP contribution in [0.3, 0.4) is 0 Å². The fraction of sp³-hybridized carbons (Fsp3) is 0.647. The third-order valence-electron chi connectivity index (χ3n) is 4.15. The van der Waals surface area contributed by atoms with Crippen LogP contribution in [0.1, 0.15) is 46.1 Å². The van der Waals surface area contributed by atoms with Gasteiger partial charge in [-0.1, -0.05) is 39.8 Å². The molecular formula is C17H27F2N. The average molecular weight is 283 g/mol. The van der Waals surface area contributed by atoms with Crippen molar-refractivity contribution in [1.29, 1.82) is 0 Å². The zero-order chi connectivity index (χ0) is 15.2. The molecule has 0 bridgehead atoms. The Balaban J connectivity index is 2.82. The minimum absolute atomic E-state index is 0.0104. The molecule has 20 heavy (non-hydrogen) atoms. The molecule has 0 unspecified atom stereocenters. The van der Waals surface area contributed by atoms with E-state index in [1.54, 1.807) is 12.1 Å². The van der Waals surface area contributed by atoms with Crippen molar-refractivity contribution in [2.75, 3.05) is 13.1 Å². The average Bonchev–Trinajstić information content (AvgIpc) is 2.42. The minimum Gasteiger partial charge on any atom is -0.316 e. The maximum absolute atomic E-state index is 13.9. The smallest absolute Gasteiger partial charge is 0.162 e. The fourth-order valence-corrected chi connectivity index (χ4v) is 2.53. The van der Waals surface area contributed by atoms with Gasteiger partial charge in [-0.05, 0) is 48.8 Å². The van der Waals surface area contributed by atoms with Crippen molar-refractivity contribution in [1.82, 2.24) is 5.32 Å². The molecule has 0 atom stereocenters. The lowest BCUT2D eigenvalue weighted by Crippen LogP contribution is -2.37. The maximum atomic E-state index is 13.9. The number of benzene rings is 1. The van der Waals surface area contributed by atoms with Crippen LogP contribution < -0.4 is 5.32 Å². The first kappa shape index (κ1) is 17.1. The molecule has 0 saturated carbocycles. The molecule has 0 fully saturated rings. The second-order valence-corrected chi connectivity index (χ2v) is 6.12. The van der Waals surface area contributed by atoms with E-state index in [-0.39, 0.29) is 5.41 Å². The van der Waals surface area contributed by atoms with Gasteiger partial charge in [0.15, 0.2) is 11.6 Å². The number of halogens is 2. The fourth-order valence-electron chi connectivity index (χ4n) is 2.53. The van der Waals surface area contributed by atoms with E-state index in [0.717, 1.165) is 25.9 Å². The van der Waals surface area contributed by atoms with Gasteiger partial charge in [-0.15, -0.1) is 0 Å². The van der Waals surface area contributed by atoms with Gasteiger partial charge in [-0.2, -0.15) is 0 Å². The Bertz CT molecular complexity index is 411. The maximum Gasteiger partial charge on any atom is 0.162 e. The minimum atomic E-state index is -0.751. The normalized spacial score (nSPS) is 12.2. The van der Waals surface area contributed by atoms with Crippen molar-refractivity contribution in [2.24, 2.45) is 11.3 Å². The molecule has 0 heterocycles. The molecule has 1 N–H and O–H groups in total. The lowest BCUT2D eigenvalue weighted by molar-refractivity contribution is 0.239. The van der Waals surface area contributed by atoms with E-state index in [0.29, 0.717) is 17.9 Å². The van der Waals surface area contributed by atoms with E-state index in [1.165, 1.54) is 6.07 Å². The van der Waals surface area contributed by atoms with Gasteiger partial charge in [0.25, 0.3) is 0 Å². The van der Waals surface area contributed by atoms with Crippen molar-refractivity contribution < 1.29 is 8.78 Å². The molecule has 1 rings (SSSR count). The third kappa shape index (κ3) is 4.55. The molecule has 0 radical (unpaired) electrons. The molecule has 0 aromatic heterocycles.